The number of carbonyl (C=O) groups excluding carboxylic acids is 1. The molecule has 0 fully saturated rings. The zero-order valence-corrected chi connectivity index (χ0v) is 19.1. The summed E-state index contributed by atoms with van der Waals surface area (Å²) in [6.45, 7) is 1.82. The Labute approximate surface area is 201 Å². The summed E-state index contributed by atoms with van der Waals surface area (Å²) in [5.41, 5.74) is 2.25. The Hall–Kier alpha value is -4.46. The standard InChI is InChI=1S/C27H25N3O5/c1-17(12-23(31)32)29-26(34)24-25(33)21-14-20(13-18-8-4-2-5-9-18)27(35)30(22(21)15-28-24)16-19-10-6-3-7-11-19/h2-11,14-15,17,33H,12-13,16H2,1H3,(H,29,34)(H,31,32). The Kier molecular flexibility index (Phi) is 6.91. The molecule has 2 aromatic carbocycles. The van der Waals surface area contributed by atoms with Gasteiger partial charge in [-0.1, -0.05) is 60.7 Å². The highest BCUT2D eigenvalue weighted by molar-refractivity contribution is 6.01. The van der Waals surface area contributed by atoms with Crippen LogP contribution < -0.4 is 10.9 Å². The molecule has 1 amide bonds. The van der Waals surface area contributed by atoms with Gasteiger partial charge >= 0.3 is 5.97 Å². The van der Waals surface area contributed by atoms with E-state index >= 15 is 0 Å². The minimum absolute atomic E-state index is 0.210. The average molecular weight is 472 g/mol. The first-order valence-corrected chi connectivity index (χ1v) is 11.2. The molecule has 0 aliphatic carbocycles. The molecule has 1 atom stereocenters. The number of aromatic hydroxyl groups is 1. The zero-order valence-electron chi connectivity index (χ0n) is 19.1. The lowest BCUT2D eigenvalue weighted by molar-refractivity contribution is -0.137. The van der Waals surface area contributed by atoms with E-state index in [-0.39, 0.29) is 30.0 Å². The van der Waals surface area contributed by atoms with Gasteiger partial charge in [0.2, 0.25) is 0 Å². The molecule has 178 valence electrons. The number of aromatic nitrogens is 2. The van der Waals surface area contributed by atoms with E-state index < -0.39 is 17.9 Å². The summed E-state index contributed by atoms with van der Waals surface area (Å²) in [5, 5.41) is 22.8. The summed E-state index contributed by atoms with van der Waals surface area (Å²) in [6.07, 6.45) is 1.48. The quantitative estimate of drug-likeness (QED) is 0.362. The summed E-state index contributed by atoms with van der Waals surface area (Å²) in [7, 11) is 0. The van der Waals surface area contributed by atoms with Crippen LogP contribution in [-0.2, 0) is 17.8 Å². The van der Waals surface area contributed by atoms with E-state index in [1.165, 1.54) is 6.20 Å². The Bertz CT molecular complexity index is 1430. The van der Waals surface area contributed by atoms with Crippen LogP contribution in [0.15, 0.2) is 77.7 Å². The Morgan fingerprint density at radius 3 is 2.29 bits per heavy atom. The van der Waals surface area contributed by atoms with Crippen molar-refractivity contribution in [2.24, 2.45) is 0 Å². The predicted octanol–water partition coefficient (Wildman–Crippen LogP) is 3.33. The third-order valence-electron chi connectivity index (χ3n) is 5.69. The van der Waals surface area contributed by atoms with Gasteiger partial charge in [-0.15, -0.1) is 0 Å². The van der Waals surface area contributed by atoms with Crippen molar-refractivity contribution in [2.45, 2.75) is 32.4 Å². The van der Waals surface area contributed by atoms with E-state index in [1.54, 1.807) is 17.6 Å². The van der Waals surface area contributed by atoms with Gasteiger partial charge in [-0.25, -0.2) is 4.98 Å². The van der Waals surface area contributed by atoms with E-state index in [9.17, 15) is 19.5 Å². The number of fused-ring (bicyclic) bond motifs is 1. The fourth-order valence-corrected chi connectivity index (χ4v) is 4.02. The van der Waals surface area contributed by atoms with Crippen LogP contribution in [0.3, 0.4) is 0 Å². The normalized spacial score (nSPS) is 11.8. The Balaban J connectivity index is 1.82. The van der Waals surface area contributed by atoms with Crippen molar-refractivity contribution in [3.8, 4) is 5.75 Å². The number of nitrogens with one attached hydrogen (secondary N) is 1. The van der Waals surface area contributed by atoms with Gasteiger partial charge in [0.15, 0.2) is 11.4 Å². The smallest absolute Gasteiger partial charge is 0.305 e. The number of amides is 1. The van der Waals surface area contributed by atoms with Crippen LogP contribution in [0.4, 0.5) is 0 Å². The molecule has 0 saturated carbocycles. The first-order chi connectivity index (χ1) is 16.8. The summed E-state index contributed by atoms with van der Waals surface area (Å²) in [5.74, 6) is -2.11. The maximum atomic E-state index is 13.5. The van der Waals surface area contributed by atoms with Crippen LogP contribution >= 0.6 is 0 Å². The van der Waals surface area contributed by atoms with E-state index in [0.717, 1.165) is 11.1 Å². The molecule has 0 radical (unpaired) electrons. The molecular formula is C27H25N3O5. The highest BCUT2D eigenvalue weighted by atomic mass is 16.4. The fraction of sp³-hybridized carbons (Fsp3) is 0.185. The number of benzene rings is 2. The lowest BCUT2D eigenvalue weighted by Gasteiger charge is -2.16. The van der Waals surface area contributed by atoms with E-state index in [0.29, 0.717) is 22.9 Å². The highest BCUT2D eigenvalue weighted by Crippen LogP contribution is 2.28. The zero-order chi connectivity index (χ0) is 24.9. The maximum Gasteiger partial charge on any atom is 0.305 e. The second-order valence-electron chi connectivity index (χ2n) is 8.44. The van der Waals surface area contributed by atoms with Crippen molar-refractivity contribution in [3.05, 3.63) is 106 Å². The molecule has 35 heavy (non-hydrogen) atoms. The number of hydrogen-bond acceptors (Lipinski definition) is 5. The summed E-state index contributed by atoms with van der Waals surface area (Å²) in [4.78, 5) is 41.3. The molecule has 0 spiro atoms. The molecule has 4 rings (SSSR count). The average Bonchev–Trinajstić information content (AvgIpc) is 2.83. The molecule has 0 bridgehead atoms. The number of hydrogen-bond donors (Lipinski definition) is 3. The number of aliphatic carboxylic acids is 1. The molecule has 1 unspecified atom stereocenters. The van der Waals surface area contributed by atoms with Crippen LogP contribution in [0.5, 0.6) is 5.75 Å². The highest BCUT2D eigenvalue weighted by Gasteiger charge is 2.21. The molecule has 4 aromatic rings. The topological polar surface area (TPSA) is 122 Å². The summed E-state index contributed by atoms with van der Waals surface area (Å²) < 4.78 is 1.55. The van der Waals surface area contributed by atoms with Gasteiger partial charge in [0.05, 0.1) is 24.7 Å². The molecule has 0 saturated heterocycles. The van der Waals surface area contributed by atoms with Crippen molar-refractivity contribution in [1.82, 2.24) is 14.9 Å². The molecule has 0 aliphatic rings. The van der Waals surface area contributed by atoms with Gasteiger partial charge < -0.3 is 20.1 Å². The number of rotatable bonds is 8. The van der Waals surface area contributed by atoms with Crippen molar-refractivity contribution < 1.29 is 19.8 Å². The van der Waals surface area contributed by atoms with Gasteiger partial charge in [-0.3, -0.25) is 14.4 Å². The first-order valence-electron chi connectivity index (χ1n) is 11.2. The van der Waals surface area contributed by atoms with Gasteiger partial charge in [0, 0.05) is 23.4 Å². The largest absolute Gasteiger partial charge is 0.505 e. The molecule has 0 aliphatic heterocycles. The minimum Gasteiger partial charge on any atom is -0.505 e. The van der Waals surface area contributed by atoms with Crippen molar-refractivity contribution in [3.63, 3.8) is 0 Å². The Morgan fingerprint density at radius 2 is 1.66 bits per heavy atom. The molecule has 2 aromatic heterocycles. The first kappa shape index (κ1) is 23.7. The SMILES string of the molecule is CC(CC(=O)O)NC(=O)c1ncc2c(cc(Cc3ccccc3)c(=O)n2Cc2ccccc2)c1O. The van der Waals surface area contributed by atoms with Crippen molar-refractivity contribution in [1.29, 1.82) is 0 Å². The van der Waals surface area contributed by atoms with Gasteiger partial charge in [0.25, 0.3) is 11.5 Å². The van der Waals surface area contributed by atoms with E-state index in [4.69, 9.17) is 5.11 Å². The van der Waals surface area contributed by atoms with Crippen LogP contribution in [0.1, 0.15) is 40.5 Å². The monoisotopic (exact) mass is 471 g/mol. The number of carboxylic acids is 1. The van der Waals surface area contributed by atoms with Crippen molar-refractivity contribution in [2.75, 3.05) is 0 Å². The Morgan fingerprint density at radius 1 is 1.03 bits per heavy atom. The molecular weight excluding hydrogens is 446 g/mol. The second-order valence-corrected chi connectivity index (χ2v) is 8.44. The predicted molar refractivity (Wildman–Crippen MR) is 132 cm³/mol. The lowest BCUT2D eigenvalue weighted by atomic mass is 10.0. The van der Waals surface area contributed by atoms with E-state index in [2.05, 4.69) is 10.3 Å². The fourth-order valence-electron chi connectivity index (χ4n) is 4.02. The number of carbonyl (C=O) groups is 2. The number of pyridine rings is 2. The number of carboxylic acid groups (broad SMARTS) is 1. The molecule has 3 N–H and O–H groups in total. The van der Waals surface area contributed by atoms with Gasteiger partial charge in [-0.2, -0.15) is 0 Å². The lowest BCUT2D eigenvalue weighted by Crippen LogP contribution is -2.34. The molecule has 2 heterocycles. The van der Waals surface area contributed by atoms with Crippen LogP contribution in [0.2, 0.25) is 0 Å². The summed E-state index contributed by atoms with van der Waals surface area (Å²) in [6, 6.07) is 19.9. The van der Waals surface area contributed by atoms with Gasteiger partial charge in [0.1, 0.15) is 0 Å². The second kappa shape index (κ2) is 10.2. The van der Waals surface area contributed by atoms with Crippen LogP contribution in [0, 0.1) is 0 Å². The molecule has 8 nitrogen and oxygen atoms in total. The molecule has 8 heteroatoms. The minimum atomic E-state index is -1.05. The van der Waals surface area contributed by atoms with E-state index in [1.807, 2.05) is 60.7 Å². The van der Waals surface area contributed by atoms with Crippen molar-refractivity contribution >= 4 is 22.8 Å². The van der Waals surface area contributed by atoms with Crippen LogP contribution in [0.25, 0.3) is 10.9 Å². The third kappa shape index (κ3) is 5.38. The van der Waals surface area contributed by atoms with Crippen LogP contribution in [-0.4, -0.2) is 37.7 Å². The maximum absolute atomic E-state index is 13.5. The van der Waals surface area contributed by atoms with Gasteiger partial charge in [-0.05, 0) is 24.1 Å². The number of nitrogens with zero attached hydrogens (tertiary/aromatic N) is 2. The third-order valence-corrected chi connectivity index (χ3v) is 5.69. The summed E-state index contributed by atoms with van der Waals surface area (Å²) >= 11 is 0.